The highest BCUT2D eigenvalue weighted by Crippen LogP contribution is 1.94. The lowest BCUT2D eigenvalue weighted by molar-refractivity contribution is 0.0919. The zero-order valence-corrected chi connectivity index (χ0v) is 7.85. The Balaban J connectivity index is 2.54. The molecule has 0 aromatic carbocycles. The Labute approximate surface area is 78.4 Å². The topological polar surface area (TPSA) is 82.2 Å². The first-order valence-electron chi connectivity index (χ1n) is 3.73. The van der Waals surface area contributed by atoms with Crippen molar-refractivity contribution < 1.29 is 9.90 Å². The minimum atomic E-state index is -0.589. The number of hydrogen-bond donors (Lipinski definition) is 3. The van der Waals surface area contributed by atoms with Crippen LogP contribution < -0.4 is 10.2 Å². The van der Waals surface area contributed by atoms with Crippen LogP contribution in [0.25, 0.3) is 0 Å². The van der Waals surface area contributed by atoms with Gasteiger partial charge in [-0.2, -0.15) is 0 Å². The highest BCUT2D eigenvalue weighted by molar-refractivity contribution is 7.07. The number of aliphatic hydroxyl groups is 1. The third kappa shape index (κ3) is 3.00. The normalized spacial score (nSPS) is 12.5. The van der Waals surface area contributed by atoms with E-state index in [9.17, 15) is 9.59 Å². The van der Waals surface area contributed by atoms with Crippen molar-refractivity contribution in [1.29, 1.82) is 0 Å². The third-order valence-electron chi connectivity index (χ3n) is 1.32. The predicted octanol–water partition coefficient (Wildman–Crippen LogP) is -0.453. The summed E-state index contributed by atoms with van der Waals surface area (Å²) in [6.45, 7) is 1.74. The number of amides is 1. The lowest BCUT2D eigenvalue weighted by atomic mass is 10.4. The molecule has 1 aromatic rings. The number of thiazole rings is 1. The number of aliphatic hydroxyl groups excluding tert-OH is 1. The summed E-state index contributed by atoms with van der Waals surface area (Å²) < 4.78 is 0. The summed E-state index contributed by atoms with van der Waals surface area (Å²) in [5.74, 6) is -0.376. The van der Waals surface area contributed by atoms with E-state index in [0.717, 1.165) is 11.3 Å². The molecule has 0 fully saturated rings. The van der Waals surface area contributed by atoms with Crippen LogP contribution >= 0.6 is 11.3 Å². The first kappa shape index (κ1) is 9.94. The van der Waals surface area contributed by atoms with Crippen molar-refractivity contribution in [1.82, 2.24) is 10.3 Å². The smallest absolute Gasteiger partial charge is 0.305 e. The van der Waals surface area contributed by atoms with Gasteiger partial charge in [-0.25, -0.2) is 0 Å². The number of carbonyl (C=O) groups is 1. The Morgan fingerprint density at radius 2 is 2.54 bits per heavy atom. The molecule has 0 saturated carbocycles. The zero-order chi connectivity index (χ0) is 9.84. The first-order chi connectivity index (χ1) is 6.09. The molecule has 1 heterocycles. The van der Waals surface area contributed by atoms with E-state index >= 15 is 0 Å². The number of nitrogens with one attached hydrogen (secondary N) is 2. The molecule has 0 aliphatic rings. The number of carbonyl (C=O) groups excluding carboxylic acids is 1. The lowest BCUT2D eigenvalue weighted by Crippen LogP contribution is -2.31. The van der Waals surface area contributed by atoms with Gasteiger partial charge in [0.05, 0.1) is 6.10 Å². The highest BCUT2D eigenvalue weighted by Gasteiger charge is 2.07. The summed E-state index contributed by atoms with van der Waals surface area (Å²) in [5, 5.41) is 12.8. The van der Waals surface area contributed by atoms with Gasteiger partial charge < -0.3 is 15.4 Å². The standard InChI is InChI=1S/C7H10N2O3S/c1-4(10)2-8-6(11)5-3-13-7(12)9-5/h3-4,10H,2H2,1H3,(H,8,11)(H,9,12). The van der Waals surface area contributed by atoms with Gasteiger partial charge in [-0.05, 0) is 6.92 Å². The molecule has 72 valence electrons. The SMILES string of the molecule is CC(O)CNC(=O)c1csc(=O)[nH]1. The molecule has 1 atom stereocenters. The highest BCUT2D eigenvalue weighted by atomic mass is 32.1. The van der Waals surface area contributed by atoms with E-state index in [4.69, 9.17) is 5.11 Å². The van der Waals surface area contributed by atoms with Gasteiger partial charge in [0, 0.05) is 11.9 Å². The van der Waals surface area contributed by atoms with Crippen molar-refractivity contribution >= 4 is 17.2 Å². The van der Waals surface area contributed by atoms with Crippen LogP contribution in [-0.4, -0.2) is 28.6 Å². The molecule has 0 spiro atoms. The van der Waals surface area contributed by atoms with E-state index in [1.165, 1.54) is 5.38 Å². The van der Waals surface area contributed by atoms with E-state index in [1.807, 2.05) is 0 Å². The van der Waals surface area contributed by atoms with Crippen molar-refractivity contribution in [3.63, 3.8) is 0 Å². The molecule has 0 aliphatic heterocycles. The third-order valence-corrected chi connectivity index (χ3v) is 1.99. The Hall–Kier alpha value is -1.14. The molecule has 1 unspecified atom stereocenters. The maximum atomic E-state index is 11.2. The Kier molecular flexibility index (Phi) is 3.21. The van der Waals surface area contributed by atoms with Crippen molar-refractivity contribution in [3.8, 4) is 0 Å². The fourth-order valence-electron chi connectivity index (χ4n) is 0.727. The summed E-state index contributed by atoms with van der Waals surface area (Å²) in [7, 11) is 0. The van der Waals surface area contributed by atoms with Gasteiger partial charge in [0.25, 0.3) is 5.91 Å². The molecule has 0 aliphatic carbocycles. The maximum absolute atomic E-state index is 11.2. The van der Waals surface area contributed by atoms with E-state index in [0.29, 0.717) is 0 Å². The van der Waals surface area contributed by atoms with Crippen LogP contribution in [0.1, 0.15) is 17.4 Å². The summed E-state index contributed by atoms with van der Waals surface area (Å²) in [6, 6.07) is 0. The average molecular weight is 202 g/mol. The molecule has 3 N–H and O–H groups in total. The van der Waals surface area contributed by atoms with Crippen molar-refractivity contribution in [3.05, 3.63) is 20.7 Å². The monoisotopic (exact) mass is 202 g/mol. The predicted molar refractivity (Wildman–Crippen MR) is 49.0 cm³/mol. The fourth-order valence-corrected chi connectivity index (χ4v) is 1.29. The van der Waals surface area contributed by atoms with Crippen molar-refractivity contribution in [2.75, 3.05) is 6.54 Å². The Morgan fingerprint density at radius 1 is 1.85 bits per heavy atom. The number of aromatic nitrogens is 1. The molecular formula is C7H10N2O3S. The van der Waals surface area contributed by atoms with Crippen LogP contribution in [0.2, 0.25) is 0 Å². The zero-order valence-electron chi connectivity index (χ0n) is 7.03. The van der Waals surface area contributed by atoms with Crippen LogP contribution in [-0.2, 0) is 0 Å². The molecule has 1 amide bonds. The molecule has 1 rings (SSSR count). The van der Waals surface area contributed by atoms with Crippen LogP contribution in [0.5, 0.6) is 0 Å². The molecule has 0 radical (unpaired) electrons. The number of hydrogen-bond acceptors (Lipinski definition) is 4. The van der Waals surface area contributed by atoms with Crippen molar-refractivity contribution in [2.24, 2.45) is 0 Å². The summed E-state index contributed by atoms with van der Waals surface area (Å²) in [5.41, 5.74) is 0.232. The lowest BCUT2D eigenvalue weighted by Gasteiger charge is -2.04. The Bertz CT molecular complexity index is 342. The molecule has 0 bridgehead atoms. The summed E-state index contributed by atoms with van der Waals surface area (Å²) >= 11 is 0.933. The number of aromatic amines is 1. The summed E-state index contributed by atoms with van der Waals surface area (Å²) in [4.78, 5) is 24.0. The molecule has 6 heteroatoms. The van der Waals surface area contributed by atoms with Crippen LogP contribution in [0.4, 0.5) is 0 Å². The van der Waals surface area contributed by atoms with Crippen LogP contribution in [0.15, 0.2) is 10.2 Å². The van der Waals surface area contributed by atoms with Gasteiger partial charge in [-0.3, -0.25) is 9.59 Å². The quantitative estimate of drug-likeness (QED) is 0.620. The summed E-state index contributed by atoms with van der Waals surface area (Å²) in [6.07, 6.45) is -0.589. The molecule has 0 saturated heterocycles. The molecule has 13 heavy (non-hydrogen) atoms. The van der Waals surface area contributed by atoms with E-state index in [1.54, 1.807) is 6.92 Å². The fraction of sp³-hybridized carbons (Fsp3) is 0.429. The number of H-pyrrole nitrogens is 1. The molecule has 5 nitrogen and oxygen atoms in total. The van der Waals surface area contributed by atoms with Gasteiger partial charge >= 0.3 is 4.87 Å². The van der Waals surface area contributed by atoms with E-state index < -0.39 is 6.10 Å². The van der Waals surface area contributed by atoms with Gasteiger partial charge in [-0.1, -0.05) is 11.3 Å². The van der Waals surface area contributed by atoms with Gasteiger partial charge in [0.15, 0.2) is 0 Å². The second kappa shape index (κ2) is 4.20. The van der Waals surface area contributed by atoms with E-state index in [2.05, 4.69) is 10.3 Å². The van der Waals surface area contributed by atoms with Crippen molar-refractivity contribution in [2.45, 2.75) is 13.0 Å². The molecule has 1 aromatic heterocycles. The largest absolute Gasteiger partial charge is 0.392 e. The second-order valence-corrected chi connectivity index (χ2v) is 3.46. The van der Waals surface area contributed by atoms with E-state index in [-0.39, 0.29) is 23.0 Å². The molecular weight excluding hydrogens is 192 g/mol. The maximum Gasteiger partial charge on any atom is 0.305 e. The number of rotatable bonds is 3. The van der Waals surface area contributed by atoms with Crippen LogP contribution in [0.3, 0.4) is 0 Å². The van der Waals surface area contributed by atoms with Crippen LogP contribution in [0, 0.1) is 0 Å². The minimum absolute atomic E-state index is 0.177. The second-order valence-electron chi connectivity index (χ2n) is 2.62. The average Bonchev–Trinajstić information content (AvgIpc) is 2.47. The first-order valence-corrected chi connectivity index (χ1v) is 4.61. The Morgan fingerprint density at radius 3 is 3.00 bits per heavy atom. The van der Waals surface area contributed by atoms with Gasteiger partial charge in [0.1, 0.15) is 5.69 Å². The van der Waals surface area contributed by atoms with Gasteiger partial charge in [-0.15, -0.1) is 0 Å². The minimum Gasteiger partial charge on any atom is -0.392 e. The van der Waals surface area contributed by atoms with Gasteiger partial charge in [0.2, 0.25) is 0 Å².